The van der Waals surface area contributed by atoms with Crippen molar-refractivity contribution in [3.63, 3.8) is 0 Å². The van der Waals surface area contributed by atoms with Crippen LogP contribution >= 0.6 is 7.82 Å². The van der Waals surface area contributed by atoms with Gasteiger partial charge in [0.15, 0.2) is 0 Å². The SMILES string of the molecule is CCCCCCCCCCCCCCCCCCCCC(O)(CO)COP(=O)(O)O. The van der Waals surface area contributed by atoms with Gasteiger partial charge in [0.1, 0.15) is 5.60 Å². The molecule has 1 unspecified atom stereocenters. The second-order valence-corrected chi connectivity index (χ2v) is 10.1. The van der Waals surface area contributed by atoms with Crippen molar-refractivity contribution in [2.45, 2.75) is 135 Å². The van der Waals surface area contributed by atoms with Crippen molar-refractivity contribution in [2.75, 3.05) is 13.2 Å². The molecule has 6 nitrogen and oxygen atoms in total. The molecule has 0 aliphatic rings. The Morgan fingerprint density at radius 2 is 1.00 bits per heavy atom. The minimum absolute atomic E-state index is 0.280. The first-order valence-electron chi connectivity index (χ1n) is 12.4. The van der Waals surface area contributed by atoms with Crippen LogP contribution in [-0.2, 0) is 9.09 Å². The molecule has 0 aliphatic heterocycles. The van der Waals surface area contributed by atoms with Crippen LogP contribution in [-0.4, -0.2) is 38.8 Å². The average molecular weight is 453 g/mol. The molecule has 0 bridgehead atoms. The van der Waals surface area contributed by atoms with Crippen LogP contribution in [0.5, 0.6) is 0 Å². The van der Waals surface area contributed by atoms with Crippen LogP contribution in [0.15, 0.2) is 0 Å². The summed E-state index contributed by atoms with van der Waals surface area (Å²) < 4.78 is 15.0. The number of unbranched alkanes of at least 4 members (excludes halogenated alkanes) is 17. The topological polar surface area (TPSA) is 107 Å². The largest absolute Gasteiger partial charge is 0.469 e. The summed E-state index contributed by atoms with van der Waals surface area (Å²) in [7, 11) is -4.62. The Morgan fingerprint density at radius 1 is 0.667 bits per heavy atom. The van der Waals surface area contributed by atoms with Crippen molar-refractivity contribution in [1.29, 1.82) is 0 Å². The summed E-state index contributed by atoms with van der Waals surface area (Å²) in [5.41, 5.74) is -1.57. The molecule has 0 spiro atoms. The molecule has 4 N–H and O–H groups in total. The Hall–Kier alpha value is 0.0300. The van der Waals surface area contributed by atoms with E-state index in [1.54, 1.807) is 0 Å². The highest BCUT2D eigenvalue weighted by Gasteiger charge is 2.29. The van der Waals surface area contributed by atoms with Crippen LogP contribution in [0.3, 0.4) is 0 Å². The normalized spacial score (nSPS) is 14.2. The molecule has 0 aliphatic carbocycles. The van der Waals surface area contributed by atoms with E-state index < -0.39 is 26.6 Å². The maximum atomic E-state index is 10.7. The zero-order chi connectivity index (χ0) is 22.6. The van der Waals surface area contributed by atoms with E-state index in [-0.39, 0.29) is 6.42 Å². The minimum Gasteiger partial charge on any atom is -0.393 e. The minimum atomic E-state index is -4.62. The Kier molecular flexibility index (Phi) is 19.7. The van der Waals surface area contributed by atoms with Crippen molar-refractivity contribution in [2.24, 2.45) is 0 Å². The van der Waals surface area contributed by atoms with Gasteiger partial charge in [-0.3, -0.25) is 4.52 Å². The van der Waals surface area contributed by atoms with Crippen molar-refractivity contribution in [3.8, 4) is 0 Å². The number of phosphoric acid groups is 1. The Morgan fingerprint density at radius 3 is 1.30 bits per heavy atom. The Bertz CT molecular complexity index is 414. The number of rotatable bonds is 23. The molecule has 182 valence electrons. The van der Waals surface area contributed by atoms with E-state index in [2.05, 4.69) is 11.4 Å². The average Bonchev–Trinajstić information content (AvgIpc) is 2.71. The first-order valence-corrected chi connectivity index (χ1v) is 13.9. The van der Waals surface area contributed by atoms with Gasteiger partial charge in [-0.25, -0.2) is 4.57 Å². The highest BCUT2D eigenvalue weighted by atomic mass is 31.2. The zero-order valence-corrected chi connectivity index (χ0v) is 20.3. The molecular formula is C23H49O6P. The van der Waals surface area contributed by atoms with E-state index in [0.717, 1.165) is 12.8 Å². The predicted molar refractivity (Wildman–Crippen MR) is 123 cm³/mol. The standard InChI is InChI=1S/C23H49O6P/c1-2-3-4-5-6-7-8-9-10-11-12-13-14-15-16-17-18-19-20-23(25,21-24)22-29-30(26,27)28/h24-25H,2-22H2,1H3,(H2,26,27,28). The van der Waals surface area contributed by atoms with E-state index in [0.29, 0.717) is 6.42 Å². The number of hydrogen-bond donors (Lipinski definition) is 4. The lowest BCUT2D eigenvalue weighted by Gasteiger charge is -2.25. The summed E-state index contributed by atoms with van der Waals surface area (Å²) in [4.78, 5) is 17.4. The Labute approximate surface area is 185 Å². The fourth-order valence-electron chi connectivity index (χ4n) is 3.76. The predicted octanol–water partition coefficient (Wildman–Crippen LogP) is 6.25. The molecule has 0 saturated heterocycles. The third-order valence-corrected chi connectivity index (χ3v) is 6.26. The third-order valence-electron chi connectivity index (χ3n) is 5.79. The smallest absolute Gasteiger partial charge is 0.393 e. The summed E-state index contributed by atoms with van der Waals surface area (Å²) >= 11 is 0. The summed E-state index contributed by atoms with van der Waals surface area (Å²) in [6, 6.07) is 0. The fourth-order valence-corrected chi connectivity index (χ4v) is 4.17. The van der Waals surface area contributed by atoms with Gasteiger partial charge in [0.05, 0.1) is 13.2 Å². The summed E-state index contributed by atoms with van der Waals surface area (Å²) in [5.74, 6) is 0. The van der Waals surface area contributed by atoms with Gasteiger partial charge in [-0.15, -0.1) is 0 Å². The molecule has 1 atom stereocenters. The van der Waals surface area contributed by atoms with Crippen molar-refractivity contribution in [1.82, 2.24) is 0 Å². The van der Waals surface area contributed by atoms with Gasteiger partial charge in [0.25, 0.3) is 0 Å². The van der Waals surface area contributed by atoms with Crippen LogP contribution in [0.1, 0.15) is 129 Å². The maximum Gasteiger partial charge on any atom is 0.469 e. The lowest BCUT2D eigenvalue weighted by molar-refractivity contribution is -0.0600. The van der Waals surface area contributed by atoms with E-state index in [1.807, 2.05) is 0 Å². The van der Waals surface area contributed by atoms with Crippen molar-refractivity contribution in [3.05, 3.63) is 0 Å². The van der Waals surface area contributed by atoms with Crippen molar-refractivity contribution >= 4 is 7.82 Å². The molecule has 0 heterocycles. The number of hydrogen-bond acceptors (Lipinski definition) is 4. The molecule has 7 heteroatoms. The quantitative estimate of drug-likeness (QED) is 0.108. The molecule has 0 radical (unpaired) electrons. The lowest BCUT2D eigenvalue weighted by Crippen LogP contribution is -2.38. The number of aliphatic hydroxyl groups is 2. The number of phosphoric ester groups is 1. The third kappa shape index (κ3) is 21.3. The number of aliphatic hydroxyl groups excluding tert-OH is 1. The van der Waals surface area contributed by atoms with Gasteiger partial charge >= 0.3 is 7.82 Å². The van der Waals surface area contributed by atoms with Crippen LogP contribution < -0.4 is 0 Å². The van der Waals surface area contributed by atoms with Crippen LogP contribution in [0, 0.1) is 0 Å². The van der Waals surface area contributed by atoms with E-state index in [4.69, 9.17) is 9.79 Å². The molecule has 0 amide bonds. The Balaban J connectivity index is 3.35. The highest BCUT2D eigenvalue weighted by Crippen LogP contribution is 2.37. The van der Waals surface area contributed by atoms with E-state index in [9.17, 15) is 14.8 Å². The van der Waals surface area contributed by atoms with Gasteiger partial charge in [0.2, 0.25) is 0 Å². The fraction of sp³-hybridized carbons (Fsp3) is 1.00. The first-order chi connectivity index (χ1) is 14.3. The van der Waals surface area contributed by atoms with Gasteiger partial charge < -0.3 is 20.0 Å². The van der Waals surface area contributed by atoms with Crippen molar-refractivity contribution < 1.29 is 29.1 Å². The monoisotopic (exact) mass is 452 g/mol. The second kappa shape index (κ2) is 19.7. The van der Waals surface area contributed by atoms with Gasteiger partial charge in [-0.05, 0) is 6.42 Å². The summed E-state index contributed by atoms with van der Waals surface area (Å²) in [6.07, 6.45) is 23.3. The highest BCUT2D eigenvalue weighted by molar-refractivity contribution is 7.46. The van der Waals surface area contributed by atoms with Gasteiger partial charge in [-0.1, -0.05) is 122 Å². The van der Waals surface area contributed by atoms with Crippen LogP contribution in [0.25, 0.3) is 0 Å². The zero-order valence-electron chi connectivity index (χ0n) is 19.4. The molecule has 30 heavy (non-hydrogen) atoms. The molecule has 0 aromatic heterocycles. The summed E-state index contributed by atoms with van der Waals surface area (Å²) in [6.45, 7) is 1.15. The van der Waals surface area contributed by atoms with Crippen LogP contribution in [0.2, 0.25) is 0 Å². The van der Waals surface area contributed by atoms with Gasteiger partial charge in [-0.2, -0.15) is 0 Å². The maximum absolute atomic E-state index is 10.7. The second-order valence-electron chi connectivity index (χ2n) is 8.91. The van der Waals surface area contributed by atoms with Crippen LogP contribution in [0.4, 0.5) is 0 Å². The molecule has 0 aromatic rings. The molecule has 0 saturated carbocycles. The molecule has 0 rings (SSSR count). The lowest BCUT2D eigenvalue weighted by atomic mass is 9.97. The van der Waals surface area contributed by atoms with E-state index in [1.165, 1.54) is 96.3 Å². The molecule has 0 aromatic carbocycles. The molecular weight excluding hydrogens is 403 g/mol. The van der Waals surface area contributed by atoms with Gasteiger partial charge in [0, 0.05) is 0 Å². The summed E-state index contributed by atoms with van der Waals surface area (Å²) in [5, 5.41) is 19.3. The van der Waals surface area contributed by atoms with E-state index >= 15 is 0 Å². The molecule has 0 fully saturated rings. The first kappa shape index (κ1) is 30.0.